The first-order valence-corrected chi connectivity index (χ1v) is 31.5. The minimum atomic E-state index is -1.60. The molecule has 81 heavy (non-hydrogen) atoms. The summed E-state index contributed by atoms with van der Waals surface area (Å²) in [5.74, 6) is -0.241. The first-order valence-electron chi connectivity index (χ1n) is 31.5. The van der Waals surface area contributed by atoms with Crippen molar-refractivity contribution in [2.75, 3.05) is 13.2 Å². The summed E-state index contributed by atoms with van der Waals surface area (Å²) in [6, 6.07) is -0.867. The molecule has 0 saturated carbocycles. The van der Waals surface area contributed by atoms with Crippen LogP contribution in [0.4, 0.5) is 0 Å². The lowest BCUT2D eigenvalue weighted by Gasteiger charge is -2.40. The monoisotopic (exact) mass is 1120 g/mol. The van der Waals surface area contributed by atoms with Gasteiger partial charge in [0, 0.05) is 6.42 Å². The summed E-state index contributed by atoms with van der Waals surface area (Å²) >= 11 is 0. The zero-order valence-electron chi connectivity index (χ0n) is 50.5. The van der Waals surface area contributed by atoms with Crippen molar-refractivity contribution in [3.05, 3.63) is 182 Å². The normalized spacial score (nSPS) is 19.7. The molecule has 6 N–H and O–H groups in total. The Bertz CT molecular complexity index is 1920. The van der Waals surface area contributed by atoms with Gasteiger partial charge in [0.15, 0.2) is 6.29 Å². The highest BCUT2D eigenvalue weighted by Gasteiger charge is 2.44. The fourth-order valence-corrected chi connectivity index (χ4v) is 8.52. The number of carbonyl (C=O) groups excluding carboxylic acids is 1. The molecule has 7 unspecified atom stereocenters. The fraction of sp³-hybridized carbons (Fsp3) is 0.569. The van der Waals surface area contributed by atoms with Gasteiger partial charge >= 0.3 is 0 Å². The van der Waals surface area contributed by atoms with E-state index in [1.54, 1.807) is 6.08 Å². The summed E-state index contributed by atoms with van der Waals surface area (Å²) in [6.07, 6.45) is 88.2. The van der Waals surface area contributed by atoms with Gasteiger partial charge in [0.2, 0.25) is 5.91 Å². The van der Waals surface area contributed by atoms with E-state index in [-0.39, 0.29) is 18.9 Å². The number of aliphatic hydroxyl groups is 5. The highest BCUT2D eigenvalue weighted by Crippen LogP contribution is 2.22. The molecular formula is C72H113NO8. The molecule has 1 aliphatic heterocycles. The Morgan fingerprint density at radius 2 is 0.778 bits per heavy atom. The second kappa shape index (κ2) is 58.5. The average Bonchev–Trinajstić information content (AvgIpc) is 3.48. The Morgan fingerprint density at radius 3 is 1.19 bits per heavy atom. The van der Waals surface area contributed by atoms with Gasteiger partial charge in [-0.15, -0.1) is 0 Å². The van der Waals surface area contributed by atoms with Crippen molar-refractivity contribution in [2.24, 2.45) is 0 Å². The van der Waals surface area contributed by atoms with Gasteiger partial charge < -0.3 is 40.3 Å². The molecule has 0 aromatic carbocycles. The van der Waals surface area contributed by atoms with Crippen LogP contribution >= 0.6 is 0 Å². The molecule has 1 amide bonds. The van der Waals surface area contributed by atoms with Crippen LogP contribution in [-0.2, 0) is 14.3 Å². The number of aliphatic hydroxyl groups excluding tert-OH is 5. The highest BCUT2D eigenvalue weighted by molar-refractivity contribution is 5.76. The molecule has 1 rings (SSSR count). The van der Waals surface area contributed by atoms with Crippen LogP contribution < -0.4 is 5.32 Å². The maximum absolute atomic E-state index is 13.1. The SMILES string of the molecule is CC/C=C\C/C=C\C/C=C\C/C=C\C/C=C\C/C=C\C/C=C\C/C=C\C/C=C\C/C=C\C/C=C\C/C=C\CCCCC(=O)NC(COC1OC(CO)C(O)C(O)C1O)C(O)/C=C/CC/C=C/CC/C=C/CCCCCCCCCCC. The largest absolute Gasteiger partial charge is 0.394 e. The Hall–Kier alpha value is -4.71. The smallest absolute Gasteiger partial charge is 0.220 e. The summed E-state index contributed by atoms with van der Waals surface area (Å²) in [4.78, 5) is 13.1. The lowest BCUT2D eigenvalue weighted by atomic mass is 9.99. The van der Waals surface area contributed by atoms with E-state index in [4.69, 9.17) is 9.47 Å². The molecule has 1 fully saturated rings. The van der Waals surface area contributed by atoms with Crippen LogP contribution in [0.2, 0.25) is 0 Å². The highest BCUT2D eigenvalue weighted by atomic mass is 16.7. The molecule has 0 radical (unpaired) electrons. The van der Waals surface area contributed by atoms with E-state index in [1.165, 1.54) is 57.8 Å². The average molecular weight is 1120 g/mol. The van der Waals surface area contributed by atoms with E-state index in [1.807, 2.05) is 6.08 Å². The lowest BCUT2D eigenvalue weighted by molar-refractivity contribution is -0.302. The van der Waals surface area contributed by atoms with Crippen LogP contribution in [0.3, 0.4) is 0 Å². The Kier molecular flexibility index (Phi) is 53.6. The summed E-state index contributed by atoms with van der Waals surface area (Å²) in [5.41, 5.74) is 0. The number of hydrogen-bond acceptors (Lipinski definition) is 8. The molecule has 0 aliphatic carbocycles. The van der Waals surface area contributed by atoms with Crippen molar-refractivity contribution in [1.29, 1.82) is 0 Å². The molecule has 454 valence electrons. The predicted octanol–water partition coefficient (Wildman–Crippen LogP) is 16.7. The number of hydrogen-bond donors (Lipinski definition) is 6. The Balaban J connectivity index is 2.27. The second-order valence-electron chi connectivity index (χ2n) is 20.7. The number of unbranched alkanes of at least 4 members (excludes halogenated alkanes) is 13. The minimum absolute atomic E-state index is 0.236. The van der Waals surface area contributed by atoms with Gasteiger partial charge in [0.25, 0.3) is 0 Å². The lowest BCUT2D eigenvalue weighted by Crippen LogP contribution is -2.60. The van der Waals surface area contributed by atoms with Crippen molar-refractivity contribution >= 4 is 5.91 Å². The maximum atomic E-state index is 13.1. The van der Waals surface area contributed by atoms with Gasteiger partial charge in [0.05, 0.1) is 25.4 Å². The van der Waals surface area contributed by atoms with E-state index in [0.717, 1.165) is 116 Å². The summed E-state index contributed by atoms with van der Waals surface area (Å²) in [5, 5.41) is 54.5. The number of nitrogens with one attached hydrogen (secondary N) is 1. The van der Waals surface area contributed by atoms with Gasteiger partial charge in [0.1, 0.15) is 24.4 Å². The molecule has 7 atom stereocenters. The van der Waals surface area contributed by atoms with Crippen LogP contribution in [0.15, 0.2) is 182 Å². The molecule has 0 spiro atoms. The molecule has 0 aromatic heterocycles. The third-order valence-corrected chi connectivity index (χ3v) is 13.4. The summed E-state index contributed by atoms with van der Waals surface area (Å²) in [7, 11) is 0. The van der Waals surface area contributed by atoms with E-state index >= 15 is 0 Å². The van der Waals surface area contributed by atoms with Gasteiger partial charge in [-0.1, -0.05) is 247 Å². The third kappa shape index (κ3) is 47.5. The number of rotatable bonds is 51. The minimum Gasteiger partial charge on any atom is -0.394 e. The zero-order chi connectivity index (χ0) is 58.6. The molecule has 1 heterocycles. The van der Waals surface area contributed by atoms with E-state index in [9.17, 15) is 30.3 Å². The number of carbonyl (C=O) groups is 1. The van der Waals surface area contributed by atoms with Crippen molar-refractivity contribution in [3.8, 4) is 0 Å². The fourth-order valence-electron chi connectivity index (χ4n) is 8.52. The third-order valence-electron chi connectivity index (χ3n) is 13.4. The molecule has 9 nitrogen and oxygen atoms in total. The summed E-state index contributed by atoms with van der Waals surface area (Å²) < 4.78 is 11.2. The summed E-state index contributed by atoms with van der Waals surface area (Å²) in [6.45, 7) is 3.60. The van der Waals surface area contributed by atoms with Crippen LogP contribution in [0.25, 0.3) is 0 Å². The predicted molar refractivity (Wildman–Crippen MR) is 345 cm³/mol. The zero-order valence-corrected chi connectivity index (χ0v) is 50.5. The van der Waals surface area contributed by atoms with Gasteiger partial charge in [-0.2, -0.15) is 0 Å². The molecule has 1 aliphatic rings. The molecule has 0 bridgehead atoms. The van der Waals surface area contributed by atoms with Crippen LogP contribution in [0, 0.1) is 0 Å². The van der Waals surface area contributed by atoms with Crippen LogP contribution in [-0.4, -0.2) is 87.5 Å². The number of amides is 1. The van der Waals surface area contributed by atoms with Crippen molar-refractivity contribution in [2.45, 2.75) is 249 Å². The maximum Gasteiger partial charge on any atom is 0.220 e. The van der Waals surface area contributed by atoms with Crippen LogP contribution in [0.5, 0.6) is 0 Å². The quantitative estimate of drug-likeness (QED) is 0.0261. The Morgan fingerprint density at radius 1 is 0.432 bits per heavy atom. The first kappa shape index (κ1) is 74.3. The number of ether oxygens (including phenoxy) is 2. The van der Waals surface area contributed by atoms with E-state index < -0.39 is 49.5 Å². The standard InChI is InChI=1S/C72H113NO8/c1-3-5-7-9-11-13-15-17-19-21-23-24-25-26-27-28-29-30-31-32-33-34-35-36-37-38-39-40-41-42-44-46-48-50-52-54-56-58-60-62-68(76)73-65(64-80-72-71(79)70(78)69(77)67(63-74)81-72)66(75)61-59-57-55-53-51-49-47-45-43-22-20-18-16-14-12-10-8-6-4-2/h5,7,11,13,17,19,23-24,26-27,29-30,32-33,35-36,38-39,41-43,45-46,48,51-54,59,61,65-67,69-72,74-75,77-79H,3-4,6,8-10,12,14-16,18,20-22,25,28,31,34,37,40,44,47,49-50,55-58,60,62-64H2,1-2H3,(H,73,76)/b7-5-,13-11-,19-17-,24-23-,27-26-,30-29-,33-32-,36-35-,39-38-,42-41-,45-43+,48-46-,53-51+,54-52-,61-59+. The molecule has 0 aromatic rings. The second-order valence-corrected chi connectivity index (χ2v) is 20.7. The van der Waals surface area contributed by atoms with Gasteiger partial charge in [-0.05, 0) is 135 Å². The Labute approximate surface area is 493 Å². The molecular weight excluding hydrogens is 1010 g/mol. The van der Waals surface area contributed by atoms with Gasteiger partial charge in [-0.25, -0.2) is 0 Å². The number of allylic oxidation sites excluding steroid dienone is 29. The molecule has 1 saturated heterocycles. The first-order chi connectivity index (χ1) is 39.8. The van der Waals surface area contributed by atoms with E-state index in [0.29, 0.717) is 12.8 Å². The van der Waals surface area contributed by atoms with Crippen LogP contribution in [0.1, 0.15) is 206 Å². The topological polar surface area (TPSA) is 149 Å². The van der Waals surface area contributed by atoms with Crippen molar-refractivity contribution in [1.82, 2.24) is 5.32 Å². The van der Waals surface area contributed by atoms with Gasteiger partial charge in [-0.3, -0.25) is 4.79 Å². The van der Waals surface area contributed by atoms with Crippen molar-refractivity contribution in [3.63, 3.8) is 0 Å². The van der Waals surface area contributed by atoms with E-state index in [2.05, 4.69) is 189 Å². The van der Waals surface area contributed by atoms with Crippen molar-refractivity contribution < 1.29 is 39.8 Å². The molecule has 9 heteroatoms.